The fourth-order valence-electron chi connectivity index (χ4n) is 3.17. The number of fused-ring (bicyclic) bond motifs is 1. The molecule has 0 spiro atoms. The number of phosphoric acid groups is 2. The summed E-state index contributed by atoms with van der Waals surface area (Å²) in [6, 6.07) is 2.13. The van der Waals surface area contributed by atoms with Crippen molar-refractivity contribution in [2.24, 2.45) is 12.5 Å². The number of nitriles is 1. The van der Waals surface area contributed by atoms with Gasteiger partial charge < -0.3 is 33.6 Å². The highest BCUT2D eigenvalue weighted by molar-refractivity contribution is 7.46. The van der Waals surface area contributed by atoms with Gasteiger partial charge in [-0.25, -0.2) is 32.6 Å². The van der Waals surface area contributed by atoms with E-state index in [4.69, 9.17) is 34.3 Å². The predicted octanol–water partition coefficient (Wildman–Crippen LogP) is 2.19. The van der Waals surface area contributed by atoms with Crippen LogP contribution in [0.25, 0.3) is 11.0 Å². The summed E-state index contributed by atoms with van der Waals surface area (Å²) in [7, 11) is -8.97. The summed E-state index contributed by atoms with van der Waals surface area (Å²) in [6.07, 6.45) is -3.57. The van der Waals surface area contributed by atoms with Crippen LogP contribution in [0.1, 0.15) is 32.8 Å². The molecule has 0 fully saturated rings. The highest BCUT2D eigenvalue weighted by Crippen LogP contribution is 2.38. The van der Waals surface area contributed by atoms with E-state index in [0.717, 1.165) is 9.47 Å². The van der Waals surface area contributed by atoms with Gasteiger partial charge in [-0.05, 0) is 11.5 Å². The zero-order valence-electron chi connectivity index (χ0n) is 21.5. The van der Waals surface area contributed by atoms with Crippen molar-refractivity contribution in [3.05, 3.63) is 23.3 Å². The zero-order valence-corrected chi connectivity index (χ0v) is 23.3. The Morgan fingerprint density at radius 2 is 1.70 bits per heavy atom. The summed E-state index contributed by atoms with van der Waals surface area (Å²) in [4.78, 5) is 65.5. The van der Waals surface area contributed by atoms with E-state index in [1.165, 1.54) is 13.1 Å². The van der Waals surface area contributed by atoms with Crippen LogP contribution in [0.2, 0.25) is 0 Å². The van der Waals surface area contributed by atoms with Crippen LogP contribution in [-0.2, 0) is 39.5 Å². The molecule has 1 aromatic heterocycles. The second-order valence-electron chi connectivity index (χ2n) is 9.39. The molecule has 4 N–H and O–H groups in total. The normalized spacial score (nSPS) is 12.4. The summed E-state index contributed by atoms with van der Waals surface area (Å²) in [5.74, 6) is -3.26. The molecule has 0 aliphatic rings. The van der Waals surface area contributed by atoms with Gasteiger partial charge in [0.2, 0.25) is 11.9 Å². The Morgan fingerprint density at radius 1 is 1.15 bits per heavy atom. The van der Waals surface area contributed by atoms with Gasteiger partial charge in [0.05, 0.1) is 18.8 Å². The number of anilines is 1. The first-order valence-corrected chi connectivity index (χ1v) is 14.1. The lowest BCUT2D eigenvalue weighted by Crippen LogP contribution is -2.38. The number of phosphoric ester groups is 2. The molecular formula is C20H26F2N4O12P2. The topological polar surface area (TPSA) is 231 Å². The third-order valence-electron chi connectivity index (χ3n) is 4.79. The number of ether oxygens (including phenoxy) is 2. The molecule has 20 heteroatoms. The Morgan fingerprint density at radius 3 is 2.17 bits per heavy atom. The maximum Gasteiger partial charge on any atom is 0.510 e. The standard InChI is InChI=1S/C20H26F2N4O12P2/c1-20(2,3)6-14(27)26(18-24-16-13(21)5-11(7-23)15(22)17(16)25(18)4)10-35-19(28)38-12(8-36-39(29,30)31)9-37-40(32,33)34/h5,12H,6,8-10H2,1-4H3,(H2,29,30,31)(H2,32,33,34). The molecule has 0 radical (unpaired) electrons. The molecule has 2 rings (SSSR count). The Hall–Kier alpha value is -3.00. The summed E-state index contributed by atoms with van der Waals surface area (Å²) >= 11 is 0. The first kappa shape index (κ1) is 33.2. The van der Waals surface area contributed by atoms with Crippen LogP contribution < -0.4 is 4.90 Å². The number of hydrogen-bond acceptors (Lipinski definition) is 10. The first-order chi connectivity index (χ1) is 18.2. The average Bonchev–Trinajstić information content (AvgIpc) is 3.13. The smallest absolute Gasteiger partial charge is 0.426 e. The van der Waals surface area contributed by atoms with Crippen molar-refractivity contribution in [3.8, 4) is 6.07 Å². The van der Waals surface area contributed by atoms with E-state index in [2.05, 4.69) is 14.0 Å². The monoisotopic (exact) mass is 614 g/mol. The molecule has 40 heavy (non-hydrogen) atoms. The number of rotatable bonds is 11. The molecule has 0 saturated heterocycles. The molecule has 1 aromatic carbocycles. The predicted molar refractivity (Wildman–Crippen MR) is 129 cm³/mol. The van der Waals surface area contributed by atoms with Crippen molar-refractivity contribution in [1.29, 1.82) is 5.26 Å². The minimum atomic E-state index is -5.09. The maximum absolute atomic E-state index is 14.8. The molecule has 16 nitrogen and oxygen atoms in total. The molecule has 1 amide bonds. The summed E-state index contributed by atoms with van der Waals surface area (Å²) in [5, 5.41) is 9.08. The number of imidazole rings is 1. The Balaban J connectivity index is 2.36. The highest BCUT2D eigenvalue weighted by Gasteiger charge is 2.31. The van der Waals surface area contributed by atoms with Crippen LogP contribution in [0.3, 0.4) is 0 Å². The third-order valence-corrected chi connectivity index (χ3v) is 5.76. The van der Waals surface area contributed by atoms with Gasteiger partial charge in [0.1, 0.15) is 17.1 Å². The lowest BCUT2D eigenvalue weighted by molar-refractivity contribution is -0.121. The van der Waals surface area contributed by atoms with Gasteiger partial charge in [0.25, 0.3) is 0 Å². The first-order valence-electron chi connectivity index (χ1n) is 11.0. The average molecular weight is 614 g/mol. The van der Waals surface area contributed by atoms with Gasteiger partial charge in [0, 0.05) is 13.5 Å². The summed E-state index contributed by atoms with van der Waals surface area (Å²) < 4.78 is 70.3. The van der Waals surface area contributed by atoms with E-state index in [0.29, 0.717) is 6.07 Å². The van der Waals surface area contributed by atoms with Crippen molar-refractivity contribution in [2.75, 3.05) is 24.8 Å². The van der Waals surface area contributed by atoms with Gasteiger partial charge in [-0.15, -0.1) is 0 Å². The van der Waals surface area contributed by atoms with Crippen LogP contribution in [0.15, 0.2) is 6.07 Å². The molecule has 222 valence electrons. The van der Waals surface area contributed by atoms with Crippen LogP contribution in [0, 0.1) is 28.4 Å². The number of benzene rings is 1. The fraction of sp³-hybridized carbons (Fsp3) is 0.500. The number of halogens is 2. The fourth-order valence-corrected chi connectivity index (χ4v) is 3.89. The van der Waals surface area contributed by atoms with Gasteiger partial charge >= 0.3 is 21.8 Å². The lowest BCUT2D eigenvalue weighted by Gasteiger charge is -2.26. The van der Waals surface area contributed by atoms with Crippen molar-refractivity contribution < 1.29 is 65.6 Å². The van der Waals surface area contributed by atoms with Gasteiger partial charge in [-0.2, -0.15) is 5.26 Å². The molecule has 1 heterocycles. The van der Waals surface area contributed by atoms with Crippen molar-refractivity contribution >= 4 is 44.7 Å². The van der Waals surface area contributed by atoms with E-state index in [9.17, 15) is 27.5 Å². The third kappa shape index (κ3) is 9.58. The van der Waals surface area contributed by atoms with Crippen molar-refractivity contribution in [3.63, 3.8) is 0 Å². The molecule has 0 aliphatic carbocycles. The molecule has 2 aromatic rings. The van der Waals surface area contributed by atoms with Gasteiger partial charge in [0.15, 0.2) is 24.5 Å². The Kier molecular flexibility index (Phi) is 10.5. The molecule has 0 unspecified atom stereocenters. The number of nitrogens with zero attached hydrogens (tertiary/aromatic N) is 4. The number of hydrogen-bond donors (Lipinski definition) is 4. The number of carbonyl (C=O) groups excluding carboxylic acids is 2. The van der Waals surface area contributed by atoms with E-state index < -0.39 is 87.4 Å². The van der Waals surface area contributed by atoms with E-state index in [1.54, 1.807) is 20.8 Å². The molecule has 0 atom stereocenters. The quantitative estimate of drug-likeness (QED) is 0.162. The molecule has 0 aliphatic heterocycles. The molecule has 0 bridgehead atoms. The van der Waals surface area contributed by atoms with E-state index >= 15 is 0 Å². The molecule has 0 saturated carbocycles. The second kappa shape index (κ2) is 12.7. The summed E-state index contributed by atoms with van der Waals surface area (Å²) in [5.41, 5.74) is -2.20. The lowest BCUT2D eigenvalue weighted by atomic mass is 9.92. The van der Waals surface area contributed by atoms with Gasteiger partial charge in [-0.3, -0.25) is 13.8 Å². The SMILES string of the molecule is Cn1c(N(COC(=O)OC(COP(=O)(O)O)COP(=O)(O)O)C(=O)CC(C)(C)C)nc2c(F)cc(C#N)c(F)c21. The number of aromatic nitrogens is 2. The summed E-state index contributed by atoms with van der Waals surface area (Å²) in [6.45, 7) is 2.02. The highest BCUT2D eigenvalue weighted by atomic mass is 31.2. The second-order valence-corrected chi connectivity index (χ2v) is 11.9. The minimum Gasteiger partial charge on any atom is -0.426 e. The zero-order chi connectivity index (χ0) is 30.6. The Labute approximate surface area is 225 Å². The number of amides is 1. The van der Waals surface area contributed by atoms with Crippen LogP contribution in [0.4, 0.5) is 19.5 Å². The van der Waals surface area contributed by atoms with Gasteiger partial charge in [-0.1, -0.05) is 20.8 Å². The minimum absolute atomic E-state index is 0.169. The van der Waals surface area contributed by atoms with Crippen LogP contribution >= 0.6 is 15.6 Å². The van der Waals surface area contributed by atoms with E-state index in [1.807, 2.05) is 0 Å². The van der Waals surface area contributed by atoms with Crippen LogP contribution in [0.5, 0.6) is 0 Å². The molecular weight excluding hydrogens is 588 g/mol. The Bertz CT molecular complexity index is 1380. The number of aryl methyl sites for hydroxylation is 1. The number of carbonyl (C=O) groups is 2. The largest absolute Gasteiger partial charge is 0.510 e. The maximum atomic E-state index is 14.8. The van der Waals surface area contributed by atoms with Crippen molar-refractivity contribution in [2.45, 2.75) is 33.3 Å². The van der Waals surface area contributed by atoms with Crippen molar-refractivity contribution in [1.82, 2.24) is 9.55 Å². The van der Waals surface area contributed by atoms with E-state index in [-0.39, 0.29) is 12.4 Å². The van der Waals surface area contributed by atoms with Crippen LogP contribution in [-0.4, -0.2) is 67.2 Å².